The van der Waals surface area contributed by atoms with Crippen LogP contribution in [0.2, 0.25) is 5.15 Å². The van der Waals surface area contributed by atoms with Crippen molar-refractivity contribution >= 4 is 33.2 Å². The van der Waals surface area contributed by atoms with Gasteiger partial charge in [0.25, 0.3) is 0 Å². The number of rotatable bonds is 3. The molecule has 0 saturated carbocycles. The third-order valence-electron chi connectivity index (χ3n) is 3.58. The van der Waals surface area contributed by atoms with Crippen molar-refractivity contribution in [2.45, 2.75) is 39.7 Å². The molecule has 0 aliphatic rings. The molecule has 2 rings (SSSR count). The first-order valence-electron chi connectivity index (χ1n) is 5.91. The Kier molecular flexibility index (Phi) is 3.63. The van der Waals surface area contributed by atoms with Crippen molar-refractivity contribution in [2.75, 3.05) is 7.11 Å². The number of hydrogen-bond donors (Lipinski definition) is 0. The maximum absolute atomic E-state index is 6.30. The highest BCUT2D eigenvalue weighted by molar-refractivity contribution is 7.18. The lowest BCUT2D eigenvalue weighted by molar-refractivity contribution is -0.00864. The highest BCUT2D eigenvalue weighted by atomic mass is 35.5. The highest BCUT2D eigenvalue weighted by Gasteiger charge is 2.29. The zero-order valence-corrected chi connectivity index (χ0v) is 12.9. The Balaban J connectivity index is 2.70. The Bertz CT molecular complexity index is 590. The van der Waals surface area contributed by atoms with Gasteiger partial charge in [-0.1, -0.05) is 18.5 Å². The predicted molar refractivity (Wildman–Crippen MR) is 76.6 cm³/mol. The van der Waals surface area contributed by atoms with Crippen LogP contribution in [-0.4, -0.2) is 17.1 Å². The smallest absolute Gasteiger partial charge is 0.163 e. The molecule has 0 saturated heterocycles. The average Bonchev–Trinajstić information content (AvgIpc) is 2.64. The van der Waals surface area contributed by atoms with Crippen molar-refractivity contribution in [3.63, 3.8) is 0 Å². The predicted octanol–water partition coefficient (Wildman–Crippen LogP) is 4.23. The van der Waals surface area contributed by atoms with E-state index in [9.17, 15) is 0 Å². The molecule has 18 heavy (non-hydrogen) atoms. The second kappa shape index (κ2) is 4.76. The molecule has 5 heteroatoms. The fourth-order valence-electron chi connectivity index (χ4n) is 1.83. The van der Waals surface area contributed by atoms with E-state index in [2.05, 4.69) is 30.7 Å². The number of fused-ring (bicyclic) bond motifs is 1. The van der Waals surface area contributed by atoms with Gasteiger partial charge >= 0.3 is 0 Å². The largest absolute Gasteiger partial charge is 0.371 e. The lowest BCUT2D eigenvalue weighted by Crippen LogP contribution is -2.26. The molecule has 1 unspecified atom stereocenters. The monoisotopic (exact) mass is 284 g/mol. The van der Waals surface area contributed by atoms with Crippen LogP contribution < -0.4 is 0 Å². The molecule has 0 N–H and O–H groups in total. The summed E-state index contributed by atoms with van der Waals surface area (Å²) < 4.78 is 5.53. The maximum Gasteiger partial charge on any atom is 0.163 e. The fraction of sp³-hybridized carbons (Fsp3) is 0.538. The molecule has 0 bridgehead atoms. The van der Waals surface area contributed by atoms with E-state index in [1.165, 1.54) is 10.4 Å². The minimum Gasteiger partial charge on any atom is -0.371 e. The quantitative estimate of drug-likeness (QED) is 0.791. The number of aryl methyl sites for hydroxylation is 2. The second-order valence-corrected chi connectivity index (χ2v) is 6.15. The van der Waals surface area contributed by atoms with Gasteiger partial charge in [-0.2, -0.15) is 0 Å². The van der Waals surface area contributed by atoms with Crippen LogP contribution in [-0.2, 0) is 10.3 Å². The molecule has 0 aliphatic carbocycles. The molecule has 1 atom stereocenters. The van der Waals surface area contributed by atoms with E-state index >= 15 is 0 Å². The number of hydrogen-bond acceptors (Lipinski definition) is 4. The van der Waals surface area contributed by atoms with Crippen molar-refractivity contribution in [2.24, 2.45) is 0 Å². The zero-order valence-electron chi connectivity index (χ0n) is 11.3. The third kappa shape index (κ3) is 2.02. The molecular formula is C13H17ClN2OS. The summed E-state index contributed by atoms with van der Waals surface area (Å²) in [6, 6.07) is 0. The molecule has 0 spiro atoms. The van der Waals surface area contributed by atoms with E-state index in [0.717, 1.165) is 16.6 Å². The van der Waals surface area contributed by atoms with Crippen molar-refractivity contribution < 1.29 is 4.74 Å². The Morgan fingerprint density at radius 3 is 2.56 bits per heavy atom. The van der Waals surface area contributed by atoms with E-state index in [0.29, 0.717) is 11.0 Å². The van der Waals surface area contributed by atoms with Crippen molar-refractivity contribution in [3.8, 4) is 0 Å². The molecule has 2 heterocycles. The number of methoxy groups -OCH3 is 1. The van der Waals surface area contributed by atoms with E-state index in [1.54, 1.807) is 18.4 Å². The van der Waals surface area contributed by atoms with Gasteiger partial charge in [0.2, 0.25) is 0 Å². The molecule has 98 valence electrons. The molecule has 0 radical (unpaired) electrons. The van der Waals surface area contributed by atoms with Gasteiger partial charge in [0.05, 0.1) is 5.39 Å². The lowest BCUT2D eigenvalue weighted by atomic mass is 10.0. The first-order valence-corrected chi connectivity index (χ1v) is 7.11. The standard InChI is InChI=1S/C13H17ClN2OS/c1-6-13(4,17-5)12-15-10(14)9-7(2)8(3)18-11(9)16-12/h6H2,1-5H3. The maximum atomic E-state index is 6.30. The first kappa shape index (κ1) is 13.7. The summed E-state index contributed by atoms with van der Waals surface area (Å²) >= 11 is 7.95. The van der Waals surface area contributed by atoms with Crippen molar-refractivity contribution in [1.29, 1.82) is 0 Å². The summed E-state index contributed by atoms with van der Waals surface area (Å²) in [5.41, 5.74) is 0.686. The summed E-state index contributed by atoms with van der Waals surface area (Å²) in [7, 11) is 1.68. The summed E-state index contributed by atoms with van der Waals surface area (Å²) in [5, 5.41) is 1.49. The average molecular weight is 285 g/mol. The highest BCUT2D eigenvalue weighted by Crippen LogP contribution is 2.35. The Hall–Kier alpha value is -0.710. The molecule has 0 amide bonds. The Morgan fingerprint density at radius 2 is 2.00 bits per heavy atom. The van der Waals surface area contributed by atoms with Crippen LogP contribution in [0.3, 0.4) is 0 Å². The minimum atomic E-state index is -0.483. The van der Waals surface area contributed by atoms with Gasteiger partial charge in [-0.25, -0.2) is 9.97 Å². The van der Waals surface area contributed by atoms with Gasteiger partial charge in [0, 0.05) is 12.0 Å². The van der Waals surface area contributed by atoms with Gasteiger partial charge < -0.3 is 4.74 Å². The van der Waals surface area contributed by atoms with Crippen LogP contribution in [0, 0.1) is 13.8 Å². The molecule has 0 aromatic carbocycles. The Labute approximate surface area is 116 Å². The molecule has 0 aliphatic heterocycles. The van der Waals surface area contributed by atoms with E-state index in [1.807, 2.05) is 6.92 Å². The number of aromatic nitrogens is 2. The van der Waals surface area contributed by atoms with Crippen molar-refractivity contribution in [3.05, 3.63) is 21.4 Å². The molecule has 0 fully saturated rings. The van der Waals surface area contributed by atoms with Gasteiger partial charge in [-0.3, -0.25) is 0 Å². The first-order chi connectivity index (χ1) is 8.42. The number of ether oxygens (including phenoxy) is 1. The van der Waals surface area contributed by atoms with Crippen LogP contribution >= 0.6 is 22.9 Å². The number of nitrogens with zero attached hydrogens (tertiary/aromatic N) is 2. The van der Waals surface area contributed by atoms with E-state index in [-0.39, 0.29) is 0 Å². The number of thiophene rings is 1. The van der Waals surface area contributed by atoms with E-state index < -0.39 is 5.60 Å². The molecule has 2 aromatic rings. The summed E-state index contributed by atoms with van der Waals surface area (Å²) in [4.78, 5) is 11.2. The third-order valence-corrected chi connectivity index (χ3v) is 4.96. The van der Waals surface area contributed by atoms with Crippen LogP contribution in [0.1, 0.15) is 36.5 Å². The second-order valence-electron chi connectivity index (χ2n) is 4.59. The SMILES string of the molecule is CCC(C)(OC)c1nc(Cl)c2c(C)c(C)sc2n1. The number of halogens is 1. The summed E-state index contributed by atoms with van der Waals surface area (Å²) in [6.45, 7) is 8.17. The Morgan fingerprint density at radius 1 is 1.33 bits per heavy atom. The van der Waals surface area contributed by atoms with Crippen LogP contribution in [0.15, 0.2) is 0 Å². The van der Waals surface area contributed by atoms with E-state index in [4.69, 9.17) is 16.3 Å². The van der Waals surface area contributed by atoms with Gasteiger partial charge in [-0.15, -0.1) is 11.3 Å². The van der Waals surface area contributed by atoms with Crippen LogP contribution in [0.4, 0.5) is 0 Å². The normalized spacial score (nSPS) is 15.0. The van der Waals surface area contributed by atoms with Crippen molar-refractivity contribution in [1.82, 2.24) is 9.97 Å². The minimum absolute atomic E-state index is 0.483. The van der Waals surface area contributed by atoms with Gasteiger partial charge in [0.15, 0.2) is 5.82 Å². The summed E-state index contributed by atoms with van der Waals surface area (Å²) in [6.07, 6.45) is 0.800. The van der Waals surface area contributed by atoms with Crippen LogP contribution in [0.25, 0.3) is 10.2 Å². The van der Waals surface area contributed by atoms with Gasteiger partial charge in [-0.05, 0) is 32.8 Å². The van der Waals surface area contributed by atoms with Gasteiger partial charge in [0.1, 0.15) is 15.6 Å². The fourth-order valence-corrected chi connectivity index (χ4v) is 3.23. The van der Waals surface area contributed by atoms with Crippen LogP contribution in [0.5, 0.6) is 0 Å². The lowest BCUT2D eigenvalue weighted by Gasteiger charge is -2.24. The summed E-state index contributed by atoms with van der Waals surface area (Å²) in [5.74, 6) is 0.659. The molecular weight excluding hydrogens is 268 g/mol. The zero-order chi connectivity index (χ0) is 13.5. The molecule has 3 nitrogen and oxygen atoms in total. The topological polar surface area (TPSA) is 35.0 Å². The molecule has 2 aromatic heterocycles.